The second-order valence-corrected chi connectivity index (χ2v) is 7.73. The van der Waals surface area contributed by atoms with Crippen molar-refractivity contribution >= 4 is 43.5 Å². The molecule has 1 heterocycles. The van der Waals surface area contributed by atoms with E-state index in [2.05, 4.69) is 63.0 Å². The van der Waals surface area contributed by atoms with Gasteiger partial charge in [0.05, 0.1) is 11.7 Å². The molecule has 0 aliphatic heterocycles. The molecule has 1 aliphatic carbocycles. The maximum Gasteiger partial charge on any atom is 0.0787 e. The molecule has 0 saturated heterocycles. The summed E-state index contributed by atoms with van der Waals surface area (Å²) >= 11 is 13.5. The maximum absolute atomic E-state index is 6.23. The number of aromatic nitrogens is 1. The monoisotopic (exact) mass is 458 g/mol. The number of fused-ring (bicyclic) bond motifs is 2. The van der Waals surface area contributed by atoms with Crippen molar-refractivity contribution in [3.8, 4) is 0 Å². The summed E-state index contributed by atoms with van der Waals surface area (Å²) in [7, 11) is 4.18. The molecule has 2 aromatic rings. The Morgan fingerprint density at radius 3 is 2.39 bits per heavy atom. The second kappa shape index (κ2) is 8.11. The van der Waals surface area contributed by atoms with Crippen molar-refractivity contribution in [1.82, 2.24) is 9.88 Å². The Hall–Kier alpha value is -0.420. The van der Waals surface area contributed by atoms with Gasteiger partial charge in [-0.3, -0.25) is 9.88 Å². The third-order valence-corrected chi connectivity index (χ3v) is 5.17. The highest BCUT2D eigenvalue weighted by molar-refractivity contribution is 9.10. The van der Waals surface area contributed by atoms with Crippen molar-refractivity contribution < 1.29 is 0 Å². The van der Waals surface area contributed by atoms with Gasteiger partial charge in [-0.15, -0.1) is 0 Å². The molecule has 0 amide bonds. The van der Waals surface area contributed by atoms with E-state index >= 15 is 0 Å². The number of aryl methyl sites for hydroxylation is 2. The fourth-order valence-corrected chi connectivity index (χ4v) is 4.47. The number of rotatable bonds is 1. The summed E-state index contributed by atoms with van der Waals surface area (Å²) in [4.78, 5) is 6.91. The van der Waals surface area contributed by atoms with E-state index < -0.39 is 0 Å². The van der Waals surface area contributed by atoms with Gasteiger partial charge in [0.15, 0.2) is 0 Å². The lowest BCUT2D eigenvalue weighted by Crippen LogP contribution is -2.23. The number of nitrogens with zero attached hydrogens (tertiary/aromatic N) is 2. The van der Waals surface area contributed by atoms with Crippen LogP contribution in [0, 0.1) is 0 Å². The van der Waals surface area contributed by atoms with E-state index in [4.69, 9.17) is 16.6 Å². The van der Waals surface area contributed by atoms with Crippen LogP contribution < -0.4 is 0 Å². The highest BCUT2D eigenvalue weighted by Crippen LogP contribution is 2.40. The summed E-state index contributed by atoms with van der Waals surface area (Å²) in [6.45, 7) is 4.00. The van der Waals surface area contributed by atoms with Crippen molar-refractivity contribution in [1.29, 1.82) is 0 Å². The van der Waals surface area contributed by atoms with E-state index in [0.717, 1.165) is 32.5 Å². The van der Waals surface area contributed by atoms with Crippen LogP contribution in [0.25, 0.3) is 0 Å². The third kappa shape index (κ3) is 3.98. The summed E-state index contributed by atoms with van der Waals surface area (Å²) in [5.41, 5.74) is 4.99. The smallest absolute Gasteiger partial charge is 0.0787 e. The molecule has 1 aliphatic rings. The molecule has 0 N–H and O–H groups in total. The van der Waals surface area contributed by atoms with Gasteiger partial charge in [-0.2, -0.15) is 0 Å². The Morgan fingerprint density at radius 2 is 1.74 bits per heavy atom. The normalized spacial score (nSPS) is 16.1. The van der Waals surface area contributed by atoms with Crippen LogP contribution in [0.5, 0.6) is 0 Å². The van der Waals surface area contributed by atoms with Gasteiger partial charge in [0.25, 0.3) is 0 Å². The molecule has 1 aromatic heterocycles. The summed E-state index contributed by atoms with van der Waals surface area (Å²) < 4.78 is 2.09. The molecule has 1 aromatic carbocycles. The van der Waals surface area contributed by atoms with Crippen molar-refractivity contribution in [3.63, 3.8) is 0 Å². The maximum atomic E-state index is 6.23. The number of halogens is 3. The fraction of sp³-hybridized carbons (Fsp3) is 0.389. The first-order valence-corrected chi connectivity index (χ1v) is 9.72. The molecule has 0 bridgehead atoms. The first-order valence-electron chi connectivity index (χ1n) is 7.76. The lowest BCUT2D eigenvalue weighted by molar-refractivity contribution is 0.334. The number of pyridine rings is 1. The van der Waals surface area contributed by atoms with Gasteiger partial charge in [-0.1, -0.05) is 41.4 Å². The first kappa shape index (κ1) is 18.9. The van der Waals surface area contributed by atoms with Gasteiger partial charge in [0, 0.05) is 20.2 Å². The Labute approximate surface area is 160 Å². The standard InChI is InChI=1S/C16H15Br2ClN2.C2H6/c1-21(2)16-14-9(6-12(19)7-13(14)18)3-4-10-5-11(17)8-20-15(10)16;1-2/h5-8,16H,3-4H2,1-2H3;1-2H3. The molecule has 0 fully saturated rings. The van der Waals surface area contributed by atoms with Crippen LogP contribution in [0.1, 0.15) is 42.3 Å². The molecule has 124 valence electrons. The number of hydrogen-bond donors (Lipinski definition) is 0. The highest BCUT2D eigenvalue weighted by Gasteiger charge is 2.29. The van der Waals surface area contributed by atoms with Crippen molar-refractivity contribution in [2.45, 2.75) is 32.7 Å². The largest absolute Gasteiger partial charge is 0.297 e. The van der Waals surface area contributed by atoms with Crippen molar-refractivity contribution in [2.75, 3.05) is 14.1 Å². The zero-order valence-electron chi connectivity index (χ0n) is 13.8. The quantitative estimate of drug-likeness (QED) is 0.516. The van der Waals surface area contributed by atoms with Crippen LogP contribution in [0.3, 0.4) is 0 Å². The minimum Gasteiger partial charge on any atom is -0.297 e. The molecule has 1 unspecified atom stereocenters. The Morgan fingerprint density at radius 1 is 1.09 bits per heavy atom. The zero-order valence-corrected chi connectivity index (χ0v) is 17.8. The van der Waals surface area contributed by atoms with Crippen molar-refractivity contribution in [2.24, 2.45) is 0 Å². The summed E-state index contributed by atoms with van der Waals surface area (Å²) in [6.07, 6.45) is 3.83. The van der Waals surface area contributed by atoms with Gasteiger partial charge < -0.3 is 0 Å². The van der Waals surface area contributed by atoms with Gasteiger partial charge in [0.2, 0.25) is 0 Å². The van der Waals surface area contributed by atoms with E-state index in [9.17, 15) is 0 Å². The van der Waals surface area contributed by atoms with Gasteiger partial charge in [-0.05, 0) is 77.8 Å². The highest BCUT2D eigenvalue weighted by atomic mass is 79.9. The molecule has 3 rings (SSSR count). The van der Waals surface area contributed by atoms with Crippen LogP contribution in [-0.4, -0.2) is 24.0 Å². The first-order chi connectivity index (χ1) is 11.0. The van der Waals surface area contributed by atoms with Gasteiger partial charge in [0.1, 0.15) is 0 Å². The molecule has 23 heavy (non-hydrogen) atoms. The minimum absolute atomic E-state index is 0.136. The predicted octanol–water partition coefficient (Wildman–Crippen LogP) is 6.04. The van der Waals surface area contributed by atoms with Crippen LogP contribution in [-0.2, 0) is 12.8 Å². The SMILES string of the molecule is CC.CN(C)C1c2ncc(Br)cc2CCc2cc(Cl)cc(Br)c21. The molecule has 5 heteroatoms. The molecular weight excluding hydrogens is 439 g/mol. The molecular formula is C18H21Br2ClN2. The fourth-order valence-electron chi connectivity index (χ4n) is 3.00. The Bertz CT molecular complexity index is 702. The Kier molecular flexibility index (Phi) is 6.66. The van der Waals surface area contributed by atoms with Crippen molar-refractivity contribution in [3.05, 3.63) is 60.7 Å². The lowest BCUT2D eigenvalue weighted by Gasteiger charge is -2.27. The van der Waals surface area contributed by atoms with E-state index in [-0.39, 0.29) is 6.04 Å². The average molecular weight is 461 g/mol. The average Bonchev–Trinajstić information content (AvgIpc) is 2.66. The molecule has 0 spiro atoms. The lowest BCUT2D eigenvalue weighted by atomic mass is 9.97. The van der Waals surface area contributed by atoms with E-state index in [0.29, 0.717) is 0 Å². The third-order valence-electron chi connectivity index (χ3n) is 3.86. The summed E-state index contributed by atoms with van der Waals surface area (Å²) in [6, 6.07) is 6.37. The topological polar surface area (TPSA) is 16.1 Å². The van der Waals surface area contributed by atoms with E-state index in [1.54, 1.807) is 0 Å². The van der Waals surface area contributed by atoms with E-state index in [1.165, 1.54) is 16.7 Å². The molecule has 2 nitrogen and oxygen atoms in total. The Balaban J connectivity index is 0.000000924. The number of benzene rings is 1. The van der Waals surface area contributed by atoms with Gasteiger partial charge >= 0.3 is 0 Å². The van der Waals surface area contributed by atoms with Crippen LogP contribution in [0.4, 0.5) is 0 Å². The minimum atomic E-state index is 0.136. The molecule has 1 atom stereocenters. The second-order valence-electron chi connectivity index (χ2n) is 5.52. The molecule has 0 radical (unpaired) electrons. The zero-order chi connectivity index (χ0) is 17.1. The van der Waals surface area contributed by atoms with Crippen LogP contribution in [0.15, 0.2) is 33.3 Å². The van der Waals surface area contributed by atoms with Crippen LogP contribution >= 0.6 is 43.5 Å². The summed E-state index contributed by atoms with van der Waals surface area (Å²) in [5, 5.41) is 0.776. The van der Waals surface area contributed by atoms with E-state index in [1.807, 2.05) is 26.1 Å². The van der Waals surface area contributed by atoms with Crippen LogP contribution in [0.2, 0.25) is 5.02 Å². The van der Waals surface area contributed by atoms with Gasteiger partial charge in [-0.25, -0.2) is 0 Å². The number of hydrogen-bond acceptors (Lipinski definition) is 2. The predicted molar refractivity (Wildman–Crippen MR) is 105 cm³/mol. The molecule has 0 saturated carbocycles. The summed E-state index contributed by atoms with van der Waals surface area (Å²) in [5.74, 6) is 0.